The molecule has 1 atom stereocenters. The summed E-state index contributed by atoms with van der Waals surface area (Å²) in [5.74, 6) is -2.88. The second-order valence-corrected chi connectivity index (χ2v) is 4.77. The number of carbonyl (C=O) groups excluding carboxylic acids is 1. The van der Waals surface area contributed by atoms with Crippen molar-refractivity contribution in [3.63, 3.8) is 0 Å². The summed E-state index contributed by atoms with van der Waals surface area (Å²) in [6.45, 7) is 1.51. The number of carboxylic acids is 1. The highest BCUT2D eigenvalue weighted by Crippen LogP contribution is 2.13. The van der Waals surface area contributed by atoms with Crippen LogP contribution in [0.1, 0.15) is 36.5 Å². The number of hydroxylamine groups is 2. The predicted molar refractivity (Wildman–Crippen MR) is 77.2 cm³/mol. The highest BCUT2D eigenvalue weighted by Gasteiger charge is 2.27. The van der Waals surface area contributed by atoms with Crippen molar-refractivity contribution >= 4 is 18.0 Å². The SMILES string of the molecule is CCCC[C@H](CN(OC(=O)c1ccccc1)C(=O)O)C(=O)O. The fourth-order valence-electron chi connectivity index (χ4n) is 1.82. The first-order chi connectivity index (χ1) is 10.5. The summed E-state index contributed by atoms with van der Waals surface area (Å²) in [4.78, 5) is 39.0. The van der Waals surface area contributed by atoms with Crippen LogP contribution in [0.5, 0.6) is 0 Å². The van der Waals surface area contributed by atoms with Gasteiger partial charge in [-0.15, -0.1) is 5.06 Å². The van der Waals surface area contributed by atoms with Crippen LogP contribution >= 0.6 is 0 Å². The lowest BCUT2D eigenvalue weighted by molar-refractivity contribution is -0.147. The molecule has 0 aromatic heterocycles. The van der Waals surface area contributed by atoms with E-state index in [1.807, 2.05) is 6.92 Å². The van der Waals surface area contributed by atoms with E-state index in [0.717, 1.165) is 6.42 Å². The third-order valence-electron chi connectivity index (χ3n) is 3.06. The number of nitrogens with zero attached hydrogens (tertiary/aromatic N) is 1. The van der Waals surface area contributed by atoms with Gasteiger partial charge in [0.15, 0.2) is 0 Å². The molecule has 0 radical (unpaired) electrons. The number of hydrogen-bond acceptors (Lipinski definition) is 4. The number of unbranched alkanes of at least 4 members (excludes halogenated alkanes) is 1. The number of rotatable bonds is 7. The molecule has 0 aliphatic heterocycles. The maximum absolute atomic E-state index is 11.9. The van der Waals surface area contributed by atoms with E-state index in [2.05, 4.69) is 0 Å². The molecule has 1 rings (SSSR count). The van der Waals surface area contributed by atoms with Crippen molar-refractivity contribution in [3.05, 3.63) is 35.9 Å². The van der Waals surface area contributed by atoms with Gasteiger partial charge in [0.1, 0.15) is 0 Å². The molecule has 0 aliphatic rings. The molecule has 0 saturated heterocycles. The van der Waals surface area contributed by atoms with Gasteiger partial charge in [-0.3, -0.25) is 4.79 Å². The summed E-state index contributed by atoms with van der Waals surface area (Å²) in [6, 6.07) is 7.89. The van der Waals surface area contributed by atoms with Crippen molar-refractivity contribution in [3.8, 4) is 0 Å². The quantitative estimate of drug-likeness (QED) is 0.750. The van der Waals surface area contributed by atoms with Gasteiger partial charge >= 0.3 is 18.0 Å². The lowest BCUT2D eigenvalue weighted by Gasteiger charge is -2.21. The van der Waals surface area contributed by atoms with Gasteiger partial charge in [0.25, 0.3) is 0 Å². The van der Waals surface area contributed by atoms with Crippen molar-refractivity contribution < 1.29 is 29.4 Å². The average Bonchev–Trinajstić information content (AvgIpc) is 2.50. The van der Waals surface area contributed by atoms with E-state index in [-0.39, 0.29) is 5.56 Å². The van der Waals surface area contributed by atoms with E-state index in [1.165, 1.54) is 12.1 Å². The highest BCUT2D eigenvalue weighted by atomic mass is 16.7. The number of carboxylic acid groups (broad SMARTS) is 2. The van der Waals surface area contributed by atoms with Gasteiger partial charge in [0.2, 0.25) is 0 Å². The van der Waals surface area contributed by atoms with E-state index < -0.39 is 30.5 Å². The zero-order valence-corrected chi connectivity index (χ0v) is 12.3. The fourth-order valence-corrected chi connectivity index (χ4v) is 1.82. The second-order valence-electron chi connectivity index (χ2n) is 4.77. The molecule has 7 nitrogen and oxygen atoms in total. The van der Waals surface area contributed by atoms with E-state index in [1.54, 1.807) is 18.2 Å². The molecule has 1 aromatic rings. The first-order valence-electron chi connectivity index (χ1n) is 6.96. The summed E-state index contributed by atoms with van der Waals surface area (Å²) < 4.78 is 0. The van der Waals surface area contributed by atoms with Crippen molar-refractivity contribution in [2.45, 2.75) is 26.2 Å². The Labute approximate surface area is 128 Å². The first kappa shape index (κ1) is 17.5. The number of hydrogen-bond donors (Lipinski definition) is 2. The minimum Gasteiger partial charge on any atom is -0.481 e. The number of carbonyl (C=O) groups is 3. The van der Waals surface area contributed by atoms with E-state index in [9.17, 15) is 14.4 Å². The van der Waals surface area contributed by atoms with Gasteiger partial charge in [-0.25, -0.2) is 9.59 Å². The maximum Gasteiger partial charge on any atom is 0.440 e. The van der Waals surface area contributed by atoms with Crippen LogP contribution in [0.15, 0.2) is 30.3 Å². The first-order valence-corrected chi connectivity index (χ1v) is 6.96. The summed E-state index contributed by atoms with van der Waals surface area (Å²) in [5, 5.41) is 18.6. The van der Waals surface area contributed by atoms with Crippen LogP contribution in [0.3, 0.4) is 0 Å². The van der Waals surface area contributed by atoms with Crippen LogP contribution in [0.4, 0.5) is 4.79 Å². The number of benzene rings is 1. The molecule has 1 amide bonds. The van der Waals surface area contributed by atoms with Gasteiger partial charge in [0.05, 0.1) is 18.0 Å². The van der Waals surface area contributed by atoms with Gasteiger partial charge in [-0.2, -0.15) is 0 Å². The topological polar surface area (TPSA) is 104 Å². The van der Waals surface area contributed by atoms with Gasteiger partial charge in [0, 0.05) is 0 Å². The zero-order valence-electron chi connectivity index (χ0n) is 12.3. The smallest absolute Gasteiger partial charge is 0.440 e. The Morgan fingerprint density at radius 3 is 2.32 bits per heavy atom. The molecule has 7 heteroatoms. The molecular formula is C15H19NO6. The van der Waals surface area contributed by atoms with E-state index >= 15 is 0 Å². The van der Waals surface area contributed by atoms with Crippen molar-refractivity contribution in [2.24, 2.45) is 5.92 Å². The van der Waals surface area contributed by atoms with Crippen molar-refractivity contribution in [2.75, 3.05) is 6.54 Å². The molecule has 22 heavy (non-hydrogen) atoms. The molecule has 120 valence electrons. The highest BCUT2D eigenvalue weighted by molar-refractivity contribution is 5.89. The Balaban J connectivity index is 2.74. The Bertz CT molecular complexity index is 516. The van der Waals surface area contributed by atoms with Crippen molar-refractivity contribution in [1.29, 1.82) is 0 Å². The minimum absolute atomic E-state index is 0.189. The molecule has 2 N–H and O–H groups in total. The zero-order chi connectivity index (χ0) is 16.5. The standard InChI is InChI=1S/C15H19NO6/c1-2-3-7-12(13(17)18)10-16(15(20)21)22-14(19)11-8-5-4-6-9-11/h4-6,8-9,12H,2-3,7,10H2,1H3,(H,17,18)(H,20,21)/t12-/m1/s1. The lowest BCUT2D eigenvalue weighted by atomic mass is 10.0. The van der Waals surface area contributed by atoms with Crippen LogP contribution in [0, 0.1) is 5.92 Å². The number of amides is 1. The minimum atomic E-state index is -1.51. The van der Waals surface area contributed by atoms with Gasteiger partial charge < -0.3 is 15.1 Å². The predicted octanol–water partition coefficient (Wildman–Crippen LogP) is 2.63. The third kappa shape index (κ3) is 5.43. The van der Waals surface area contributed by atoms with Crippen LogP contribution < -0.4 is 0 Å². The molecule has 0 unspecified atom stereocenters. The van der Waals surface area contributed by atoms with Crippen LogP contribution in [0.25, 0.3) is 0 Å². The Morgan fingerprint density at radius 2 is 1.82 bits per heavy atom. The van der Waals surface area contributed by atoms with Gasteiger partial charge in [-0.1, -0.05) is 38.0 Å². The number of aliphatic carboxylic acids is 1. The van der Waals surface area contributed by atoms with Crippen molar-refractivity contribution in [1.82, 2.24) is 5.06 Å². The normalized spacial score (nSPS) is 11.5. The van der Waals surface area contributed by atoms with Crippen LogP contribution in [-0.2, 0) is 9.63 Å². The average molecular weight is 309 g/mol. The Kier molecular flexibility index (Phi) is 6.88. The molecule has 1 aromatic carbocycles. The molecular weight excluding hydrogens is 290 g/mol. The molecule has 0 bridgehead atoms. The summed E-state index contributed by atoms with van der Waals surface area (Å²) in [5.41, 5.74) is 0.189. The molecule has 0 saturated carbocycles. The lowest BCUT2D eigenvalue weighted by Crippen LogP contribution is -2.38. The Hall–Kier alpha value is -2.57. The summed E-state index contributed by atoms with van der Waals surface area (Å²) in [7, 11) is 0. The Morgan fingerprint density at radius 1 is 1.18 bits per heavy atom. The maximum atomic E-state index is 11.9. The molecule has 0 spiro atoms. The van der Waals surface area contributed by atoms with Crippen LogP contribution in [0.2, 0.25) is 0 Å². The fraction of sp³-hybridized carbons (Fsp3) is 0.400. The summed E-state index contributed by atoms with van der Waals surface area (Å²) in [6.07, 6.45) is 0.253. The second kappa shape index (κ2) is 8.66. The van der Waals surface area contributed by atoms with Gasteiger partial charge in [-0.05, 0) is 18.6 Å². The molecule has 0 aliphatic carbocycles. The monoisotopic (exact) mass is 309 g/mol. The largest absolute Gasteiger partial charge is 0.481 e. The molecule has 0 heterocycles. The van der Waals surface area contributed by atoms with Crippen LogP contribution in [-0.4, -0.2) is 39.9 Å². The van der Waals surface area contributed by atoms with E-state index in [4.69, 9.17) is 15.1 Å². The molecule has 0 fully saturated rings. The third-order valence-corrected chi connectivity index (χ3v) is 3.06. The summed E-state index contributed by atoms with van der Waals surface area (Å²) >= 11 is 0. The van der Waals surface area contributed by atoms with E-state index in [0.29, 0.717) is 17.9 Å².